The molecule has 5 nitrogen and oxygen atoms in total. The van der Waals surface area contributed by atoms with Gasteiger partial charge in [-0.25, -0.2) is 0 Å². The third-order valence-electron chi connectivity index (χ3n) is 7.36. The molecule has 1 heterocycles. The van der Waals surface area contributed by atoms with Crippen molar-refractivity contribution in [1.29, 1.82) is 0 Å². The number of rotatable bonds is 8. The number of hydrogen-bond acceptors (Lipinski definition) is 5. The molecule has 0 aliphatic carbocycles. The molecule has 1 saturated heterocycles. The summed E-state index contributed by atoms with van der Waals surface area (Å²) in [6.07, 6.45) is 2.36. The number of nitrogen functional groups attached to an aromatic ring is 2. The zero-order chi connectivity index (χ0) is 23.6. The largest absolute Gasteiger partial charge is 0.487 e. The maximum Gasteiger partial charge on any atom is 0.175 e. The number of ether oxygens (including phenoxy) is 2. The minimum atomic E-state index is -1.93. The fourth-order valence-corrected chi connectivity index (χ4v) is 11.4. The van der Waals surface area contributed by atoms with Crippen LogP contribution in [-0.2, 0) is 4.43 Å². The number of anilines is 2. The van der Waals surface area contributed by atoms with Crippen LogP contribution in [0.2, 0.25) is 32.2 Å². The minimum Gasteiger partial charge on any atom is -0.487 e. The van der Waals surface area contributed by atoms with Gasteiger partial charge < -0.3 is 25.4 Å². The molecule has 2 aromatic carbocycles. The second kappa shape index (κ2) is 9.49. The molecule has 0 aromatic heterocycles. The topological polar surface area (TPSA) is 79.7 Å². The van der Waals surface area contributed by atoms with E-state index in [4.69, 9.17) is 25.4 Å². The predicted octanol–water partition coefficient (Wildman–Crippen LogP) is 6.02. The average molecular weight is 473 g/mol. The Morgan fingerprint density at radius 1 is 0.812 bits per heavy atom. The SMILES string of the molecule is CCC(Oc1ccc(N)cc1)C1(C(CC)Oc2ccc(N)cc2)CC[Si](C)(C)[Si](C)(C)O1. The van der Waals surface area contributed by atoms with Crippen molar-refractivity contribution in [2.24, 2.45) is 0 Å². The van der Waals surface area contributed by atoms with Gasteiger partial charge in [-0.1, -0.05) is 33.0 Å². The third kappa shape index (κ3) is 5.00. The third-order valence-corrected chi connectivity index (χ3v) is 23.8. The Labute approximate surface area is 195 Å². The van der Waals surface area contributed by atoms with E-state index < -0.39 is 21.0 Å². The Hall–Kier alpha value is -1.97. The smallest absolute Gasteiger partial charge is 0.175 e. The van der Waals surface area contributed by atoms with Crippen molar-refractivity contribution in [1.82, 2.24) is 0 Å². The van der Waals surface area contributed by atoms with Gasteiger partial charge in [0.2, 0.25) is 0 Å². The number of benzene rings is 2. The van der Waals surface area contributed by atoms with Crippen molar-refractivity contribution in [3.63, 3.8) is 0 Å². The van der Waals surface area contributed by atoms with Crippen LogP contribution < -0.4 is 20.9 Å². The monoisotopic (exact) mass is 472 g/mol. The van der Waals surface area contributed by atoms with Crippen molar-refractivity contribution in [3.05, 3.63) is 48.5 Å². The van der Waals surface area contributed by atoms with Gasteiger partial charge in [-0.15, -0.1) is 0 Å². The Morgan fingerprint density at radius 2 is 1.22 bits per heavy atom. The molecular formula is C25H40N2O3Si2. The minimum absolute atomic E-state index is 0.123. The van der Waals surface area contributed by atoms with Crippen LogP contribution in [0.1, 0.15) is 33.1 Å². The van der Waals surface area contributed by atoms with E-state index in [9.17, 15) is 0 Å². The Bertz CT molecular complexity index is 830. The van der Waals surface area contributed by atoms with Crippen LogP contribution in [0.3, 0.4) is 0 Å². The fraction of sp³-hybridized carbons (Fsp3) is 0.520. The van der Waals surface area contributed by atoms with Crippen LogP contribution in [0.5, 0.6) is 11.5 Å². The molecule has 0 radical (unpaired) electrons. The molecule has 1 aliphatic rings. The first-order valence-electron chi connectivity index (χ1n) is 11.8. The summed E-state index contributed by atoms with van der Waals surface area (Å²) in [7, 11) is -3.38. The number of hydrogen-bond donors (Lipinski definition) is 2. The van der Waals surface area contributed by atoms with Crippen molar-refractivity contribution in [2.75, 3.05) is 11.5 Å². The molecule has 7 heteroatoms. The number of nitrogens with two attached hydrogens (primary N) is 2. The lowest BCUT2D eigenvalue weighted by atomic mass is 9.84. The lowest BCUT2D eigenvalue weighted by Gasteiger charge is -2.56. The van der Waals surface area contributed by atoms with Crippen molar-refractivity contribution in [3.8, 4) is 11.5 Å². The standard InChI is InChI=1S/C25H40N2O3Si2/c1-7-23(28-21-13-9-19(26)10-14-21)25(17-18-31(3,4)32(5,6)30-25)24(8-2)29-22-15-11-20(27)12-16-22/h9-16,23-24H,7-8,17-18,26-27H2,1-6H3. The quantitative estimate of drug-likeness (QED) is 0.363. The Balaban J connectivity index is 2.00. The molecule has 1 aliphatic heterocycles. The summed E-state index contributed by atoms with van der Waals surface area (Å²) < 4.78 is 20.5. The van der Waals surface area contributed by atoms with Crippen molar-refractivity contribution in [2.45, 2.75) is 83.2 Å². The Kier molecular flexibility index (Phi) is 7.32. The van der Waals surface area contributed by atoms with E-state index in [1.807, 2.05) is 48.5 Å². The van der Waals surface area contributed by atoms with Crippen LogP contribution in [-0.4, -0.2) is 33.2 Å². The van der Waals surface area contributed by atoms with Gasteiger partial charge in [-0.05, 0) is 80.9 Å². The van der Waals surface area contributed by atoms with Gasteiger partial charge in [-0.3, -0.25) is 0 Å². The van der Waals surface area contributed by atoms with Crippen LogP contribution in [0.15, 0.2) is 48.5 Å². The van der Waals surface area contributed by atoms with E-state index in [2.05, 4.69) is 40.0 Å². The maximum absolute atomic E-state index is 7.28. The second-order valence-electron chi connectivity index (χ2n) is 10.1. The molecule has 3 rings (SSSR count). The van der Waals surface area contributed by atoms with E-state index in [0.29, 0.717) is 0 Å². The highest BCUT2D eigenvalue weighted by atomic mass is 29.3. The molecule has 176 valence electrons. The van der Waals surface area contributed by atoms with Gasteiger partial charge >= 0.3 is 0 Å². The summed E-state index contributed by atoms with van der Waals surface area (Å²) in [5.74, 6) is 1.64. The molecule has 4 N–H and O–H groups in total. The second-order valence-corrected chi connectivity index (χ2v) is 25.3. The summed E-state index contributed by atoms with van der Waals surface area (Å²) in [4.78, 5) is 0. The molecule has 2 atom stereocenters. The highest BCUT2D eigenvalue weighted by Crippen LogP contribution is 2.46. The van der Waals surface area contributed by atoms with Gasteiger partial charge in [-0.2, -0.15) is 0 Å². The van der Waals surface area contributed by atoms with Crippen LogP contribution in [0.4, 0.5) is 11.4 Å². The van der Waals surface area contributed by atoms with Crippen molar-refractivity contribution >= 4 is 26.8 Å². The van der Waals surface area contributed by atoms with Crippen LogP contribution in [0, 0.1) is 0 Å². The first kappa shape index (κ1) is 24.7. The van der Waals surface area contributed by atoms with E-state index >= 15 is 0 Å². The summed E-state index contributed by atoms with van der Waals surface area (Å²) in [6.45, 7) is 14.1. The molecule has 1 fully saturated rings. The normalized spacial score (nSPS) is 23.8. The zero-order valence-electron chi connectivity index (χ0n) is 20.5. The van der Waals surface area contributed by atoms with E-state index in [0.717, 1.165) is 42.1 Å². The van der Waals surface area contributed by atoms with Crippen LogP contribution >= 0.6 is 0 Å². The molecule has 2 unspecified atom stereocenters. The highest BCUT2D eigenvalue weighted by Gasteiger charge is 2.59. The first-order chi connectivity index (χ1) is 15.0. The van der Waals surface area contributed by atoms with E-state index in [-0.39, 0.29) is 12.2 Å². The predicted molar refractivity (Wildman–Crippen MR) is 139 cm³/mol. The molecular weight excluding hydrogens is 432 g/mol. The molecule has 0 bridgehead atoms. The lowest BCUT2D eigenvalue weighted by Crippen LogP contribution is -2.72. The summed E-state index contributed by atoms with van der Waals surface area (Å²) in [5.41, 5.74) is 12.7. The molecule has 2 aromatic rings. The molecule has 0 spiro atoms. The van der Waals surface area contributed by atoms with Gasteiger partial charge in [0.05, 0.1) is 7.59 Å². The van der Waals surface area contributed by atoms with Gasteiger partial charge in [0.1, 0.15) is 29.3 Å². The van der Waals surface area contributed by atoms with Gasteiger partial charge in [0.25, 0.3) is 0 Å². The van der Waals surface area contributed by atoms with E-state index in [1.54, 1.807) is 0 Å². The lowest BCUT2D eigenvalue weighted by molar-refractivity contribution is -0.121. The maximum atomic E-state index is 7.28. The van der Waals surface area contributed by atoms with Gasteiger partial charge in [0.15, 0.2) is 7.83 Å². The van der Waals surface area contributed by atoms with Gasteiger partial charge in [0, 0.05) is 11.4 Å². The summed E-state index contributed by atoms with van der Waals surface area (Å²) in [6, 6.07) is 16.5. The fourth-order valence-electron chi connectivity index (χ4n) is 4.61. The van der Waals surface area contributed by atoms with E-state index in [1.165, 1.54) is 6.04 Å². The average Bonchev–Trinajstić information content (AvgIpc) is 2.75. The Morgan fingerprint density at radius 3 is 1.56 bits per heavy atom. The van der Waals surface area contributed by atoms with Crippen LogP contribution in [0.25, 0.3) is 0 Å². The van der Waals surface area contributed by atoms with Crippen molar-refractivity contribution < 1.29 is 13.9 Å². The molecule has 0 saturated carbocycles. The zero-order valence-corrected chi connectivity index (χ0v) is 22.5. The molecule has 32 heavy (non-hydrogen) atoms. The summed E-state index contributed by atoms with van der Waals surface area (Å²) >= 11 is 0. The summed E-state index contributed by atoms with van der Waals surface area (Å²) in [5, 5.41) is 0. The molecule has 0 amide bonds. The highest BCUT2D eigenvalue weighted by molar-refractivity contribution is 7.38. The first-order valence-corrected chi connectivity index (χ1v) is 18.9.